The van der Waals surface area contributed by atoms with Gasteiger partial charge in [0.15, 0.2) is 0 Å². The summed E-state index contributed by atoms with van der Waals surface area (Å²) in [5, 5.41) is 17.3. The molecule has 66 valence electrons. The van der Waals surface area contributed by atoms with Gasteiger partial charge in [-0.15, -0.1) is 5.10 Å². The van der Waals surface area contributed by atoms with E-state index in [1.165, 1.54) is 0 Å². The molecule has 0 bridgehead atoms. The van der Waals surface area contributed by atoms with Crippen molar-refractivity contribution < 1.29 is 5.11 Å². The summed E-state index contributed by atoms with van der Waals surface area (Å²) in [5.74, 6) is 0.241. The Morgan fingerprint density at radius 3 is 2.92 bits per heavy atom. The summed E-state index contributed by atoms with van der Waals surface area (Å²) in [6.07, 6.45) is 3.69. The molecule has 4 heteroatoms. The first-order valence-electron chi connectivity index (χ1n) is 4.39. The maximum atomic E-state index is 9.37. The van der Waals surface area contributed by atoms with Crippen LogP contribution in [0.25, 0.3) is 0 Å². The zero-order valence-electron chi connectivity index (χ0n) is 7.14. The standard InChI is InChI=1S/C8H13N3O/c1-2-11-5-7(9-10-11)6-3-4-8(6)12/h5-6,8,12H,2-4H2,1H3. The Balaban J connectivity index is 2.12. The Morgan fingerprint density at radius 2 is 2.50 bits per heavy atom. The topological polar surface area (TPSA) is 50.9 Å². The number of aromatic nitrogens is 3. The number of aryl methyl sites for hydroxylation is 1. The third-order valence-corrected chi connectivity index (χ3v) is 2.50. The highest BCUT2D eigenvalue weighted by Gasteiger charge is 2.32. The number of hydrogen-bond donors (Lipinski definition) is 1. The molecule has 1 N–H and O–H groups in total. The van der Waals surface area contributed by atoms with Gasteiger partial charge in [0, 0.05) is 18.7 Å². The second kappa shape index (κ2) is 2.86. The summed E-state index contributed by atoms with van der Waals surface area (Å²) in [5.41, 5.74) is 0.940. The predicted octanol–water partition coefficient (Wildman–Crippen LogP) is 0.536. The Labute approximate surface area is 71.2 Å². The van der Waals surface area contributed by atoms with Crippen LogP contribution in [0.2, 0.25) is 0 Å². The zero-order chi connectivity index (χ0) is 8.55. The van der Waals surface area contributed by atoms with E-state index in [0.29, 0.717) is 0 Å². The molecule has 1 aromatic heterocycles. The van der Waals surface area contributed by atoms with Gasteiger partial charge in [0.05, 0.1) is 11.8 Å². The van der Waals surface area contributed by atoms with E-state index in [1.54, 1.807) is 4.68 Å². The van der Waals surface area contributed by atoms with Crippen molar-refractivity contribution in [3.8, 4) is 0 Å². The maximum Gasteiger partial charge on any atom is 0.0883 e. The van der Waals surface area contributed by atoms with Crippen molar-refractivity contribution >= 4 is 0 Å². The summed E-state index contributed by atoms with van der Waals surface area (Å²) >= 11 is 0. The van der Waals surface area contributed by atoms with E-state index >= 15 is 0 Å². The normalized spacial score (nSPS) is 28.5. The van der Waals surface area contributed by atoms with Crippen LogP contribution in [0.15, 0.2) is 6.20 Å². The molecule has 0 radical (unpaired) electrons. The van der Waals surface area contributed by atoms with Crippen LogP contribution in [0.5, 0.6) is 0 Å². The number of aliphatic hydroxyl groups excluding tert-OH is 1. The minimum atomic E-state index is -0.188. The van der Waals surface area contributed by atoms with Crippen LogP contribution < -0.4 is 0 Å². The molecule has 0 aliphatic heterocycles. The average molecular weight is 167 g/mol. The van der Waals surface area contributed by atoms with Gasteiger partial charge in [0.1, 0.15) is 0 Å². The number of nitrogens with zero attached hydrogens (tertiary/aromatic N) is 3. The molecule has 4 nitrogen and oxygen atoms in total. The molecule has 0 aromatic carbocycles. The Hall–Kier alpha value is -0.900. The fourth-order valence-electron chi connectivity index (χ4n) is 1.47. The quantitative estimate of drug-likeness (QED) is 0.699. The van der Waals surface area contributed by atoms with Gasteiger partial charge in [0.25, 0.3) is 0 Å². The molecule has 1 fully saturated rings. The second-order valence-electron chi connectivity index (χ2n) is 3.25. The Morgan fingerprint density at radius 1 is 1.67 bits per heavy atom. The van der Waals surface area contributed by atoms with Crippen molar-refractivity contribution in [3.05, 3.63) is 11.9 Å². The highest BCUT2D eigenvalue weighted by molar-refractivity contribution is 5.09. The van der Waals surface area contributed by atoms with Crippen molar-refractivity contribution in [1.29, 1.82) is 0 Å². The second-order valence-corrected chi connectivity index (χ2v) is 3.25. The lowest BCUT2D eigenvalue weighted by molar-refractivity contribution is 0.0642. The van der Waals surface area contributed by atoms with Crippen LogP contribution in [0.3, 0.4) is 0 Å². The van der Waals surface area contributed by atoms with Crippen LogP contribution in [-0.4, -0.2) is 26.2 Å². The lowest BCUT2D eigenvalue weighted by atomic mass is 9.80. The molecular weight excluding hydrogens is 154 g/mol. The van der Waals surface area contributed by atoms with Gasteiger partial charge in [-0.3, -0.25) is 4.68 Å². The van der Waals surface area contributed by atoms with Gasteiger partial charge < -0.3 is 5.11 Å². The van der Waals surface area contributed by atoms with Crippen LogP contribution in [0, 0.1) is 0 Å². The monoisotopic (exact) mass is 167 g/mol. The smallest absolute Gasteiger partial charge is 0.0883 e. The summed E-state index contributed by atoms with van der Waals surface area (Å²) in [6, 6.07) is 0. The first-order valence-corrected chi connectivity index (χ1v) is 4.39. The minimum absolute atomic E-state index is 0.188. The molecule has 2 unspecified atom stereocenters. The lowest BCUT2D eigenvalue weighted by Crippen LogP contribution is -2.29. The van der Waals surface area contributed by atoms with E-state index in [1.807, 2.05) is 13.1 Å². The van der Waals surface area contributed by atoms with E-state index in [9.17, 15) is 5.11 Å². The largest absolute Gasteiger partial charge is 0.392 e. The highest BCUT2D eigenvalue weighted by atomic mass is 16.3. The Bertz CT molecular complexity index is 271. The first kappa shape index (κ1) is 7.73. The average Bonchev–Trinajstić information content (AvgIpc) is 2.50. The van der Waals surface area contributed by atoms with E-state index in [2.05, 4.69) is 10.3 Å². The van der Waals surface area contributed by atoms with Gasteiger partial charge in [-0.2, -0.15) is 0 Å². The van der Waals surface area contributed by atoms with Gasteiger partial charge >= 0.3 is 0 Å². The van der Waals surface area contributed by atoms with Crippen molar-refractivity contribution in [3.63, 3.8) is 0 Å². The van der Waals surface area contributed by atoms with Crippen molar-refractivity contribution in [2.45, 2.75) is 38.3 Å². The van der Waals surface area contributed by atoms with E-state index in [0.717, 1.165) is 25.1 Å². The van der Waals surface area contributed by atoms with Gasteiger partial charge in [-0.25, -0.2) is 0 Å². The molecule has 1 aliphatic rings. The fourth-order valence-corrected chi connectivity index (χ4v) is 1.47. The summed E-state index contributed by atoms with van der Waals surface area (Å²) in [6.45, 7) is 2.87. The number of hydrogen-bond acceptors (Lipinski definition) is 3. The van der Waals surface area contributed by atoms with Gasteiger partial charge in [0.2, 0.25) is 0 Å². The maximum absolute atomic E-state index is 9.37. The van der Waals surface area contributed by atoms with Crippen LogP contribution in [0.4, 0.5) is 0 Å². The summed E-state index contributed by atoms with van der Waals surface area (Å²) < 4.78 is 1.79. The van der Waals surface area contributed by atoms with E-state index < -0.39 is 0 Å². The molecule has 0 amide bonds. The SMILES string of the molecule is CCn1cc(C2CCC2O)nn1. The molecule has 1 aromatic rings. The molecule has 1 aliphatic carbocycles. The van der Waals surface area contributed by atoms with Crippen LogP contribution in [0.1, 0.15) is 31.4 Å². The third-order valence-electron chi connectivity index (χ3n) is 2.50. The fraction of sp³-hybridized carbons (Fsp3) is 0.750. The van der Waals surface area contributed by atoms with Crippen LogP contribution >= 0.6 is 0 Å². The van der Waals surface area contributed by atoms with Crippen molar-refractivity contribution in [2.75, 3.05) is 0 Å². The predicted molar refractivity (Wildman–Crippen MR) is 43.7 cm³/mol. The van der Waals surface area contributed by atoms with Gasteiger partial charge in [-0.05, 0) is 19.8 Å². The molecule has 12 heavy (non-hydrogen) atoms. The van der Waals surface area contributed by atoms with Crippen LogP contribution in [-0.2, 0) is 6.54 Å². The first-order chi connectivity index (χ1) is 5.81. The molecule has 2 atom stereocenters. The highest BCUT2D eigenvalue weighted by Crippen LogP contribution is 2.35. The molecule has 1 heterocycles. The molecule has 1 saturated carbocycles. The zero-order valence-corrected chi connectivity index (χ0v) is 7.14. The third kappa shape index (κ3) is 1.12. The molecular formula is C8H13N3O. The summed E-state index contributed by atoms with van der Waals surface area (Å²) in [4.78, 5) is 0. The lowest BCUT2D eigenvalue weighted by Gasteiger charge is -2.30. The van der Waals surface area contributed by atoms with E-state index in [-0.39, 0.29) is 12.0 Å². The van der Waals surface area contributed by atoms with E-state index in [4.69, 9.17) is 0 Å². The number of aliphatic hydroxyl groups is 1. The number of rotatable bonds is 2. The summed E-state index contributed by atoms with van der Waals surface area (Å²) in [7, 11) is 0. The van der Waals surface area contributed by atoms with Gasteiger partial charge in [-0.1, -0.05) is 5.21 Å². The van der Waals surface area contributed by atoms with Crippen molar-refractivity contribution in [2.24, 2.45) is 0 Å². The Kier molecular flexibility index (Phi) is 1.84. The molecule has 0 spiro atoms. The molecule has 2 rings (SSSR count). The van der Waals surface area contributed by atoms with Crippen molar-refractivity contribution in [1.82, 2.24) is 15.0 Å². The molecule has 0 saturated heterocycles. The minimum Gasteiger partial charge on any atom is -0.392 e.